The highest BCUT2D eigenvalue weighted by molar-refractivity contribution is 5.98. The summed E-state index contributed by atoms with van der Waals surface area (Å²) in [7, 11) is 0. The lowest BCUT2D eigenvalue weighted by Gasteiger charge is -2.22. The first kappa shape index (κ1) is 21.8. The summed E-state index contributed by atoms with van der Waals surface area (Å²) in [4.78, 5) is 26.8. The van der Waals surface area contributed by atoms with Gasteiger partial charge in [-0.1, -0.05) is 24.3 Å². The number of rotatable bonds is 9. The summed E-state index contributed by atoms with van der Waals surface area (Å²) in [5.41, 5.74) is 1.20. The fraction of sp³-hybridized carbons (Fsp3) is 0.391. The van der Waals surface area contributed by atoms with Crippen LogP contribution in [0.15, 0.2) is 48.5 Å². The van der Waals surface area contributed by atoms with E-state index < -0.39 is 0 Å². The van der Waals surface area contributed by atoms with Gasteiger partial charge in [0.2, 0.25) is 5.91 Å². The Balaban J connectivity index is 1.58. The maximum Gasteiger partial charge on any atom is 0.258 e. The van der Waals surface area contributed by atoms with Crippen molar-refractivity contribution in [3.05, 3.63) is 65.5 Å². The highest BCUT2D eigenvalue weighted by Crippen LogP contribution is 2.22. The van der Waals surface area contributed by atoms with E-state index in [4.69, 9.17) is 9.47 Å². The molecule has 2 amide bonds. The molecule has 1 fully saturated rings. The Hall–Kier alpha value is -2.93. The van der Waals surface area contributed by atoms with E-state index in [1.807, 2.05) is 13.0 Å². The number of carbonyl (C=O) groups is 2. The molecule has 0 aromatic heterocycles. The molecule has 0 bridgehead atoms. The zero-order valence-corrected chi connectivity index (χ0v) is 17.1. The first-order valence-electron chi connectivity index (χ1n) is 10.2. The molecule has 3 rings (SSSR count). The van der Waals surface area contributed by atoms with Crippen LogP contribution in [0.3, 0.4) is 0 Å². The minimum atomic E-state index is -0.326. The normalized spacial score (nSPS) is 15.6. The van der Waals surface area contributed by atoms with Crippen LogP contribution < -0.4 is 10.1 Å². The number of carbonyl (C=O) groups excluding carboxylic acids is 2. The lowest BCUT2D eigenvalue weighted by molar-refractivity contribution is -0.121. The molecule has 0 spiro atoms. The number of hydrogen-bond donors (Lipinski definition) is 1. The molecule has 0 radical (unpaired) electrons. The topological polar surface area (TPSA) is 67.9 Å². The van der Waals surface area contributed by atoms with Gasteiger partial charge in [-0.2, -0.15) is 0 Å². The summed E-state index contributed by atoms with van der Waals surface area (Å²) in [5, 5.41) is 2.76. The summed E-state index contributed by atoms with van der Waals surface area (Å²) >= 11 is 0. The molecule has 6 nitrogen and oxygen atoms in total. The maximum absolute atomic E-state index is 13.0. The Morgan fingerprint density at radius 2 is 1.97 bits per heavy atom. The Morgan fingerprint density at radius 1 is 1.20 bits per heavy atom. The van der Waals surface area contributed by atoms with E-state index in [0.717, 1.165) is 25.0 Å². The molecule has 2 aromatic rings. The monoisotopic (exact) mass is 414 g/mol. The zero-order valence-electron chi connectivity index (χ0n) is 17.1. The fourth-order valence-corrected chi connectivity index (χ4v) is 3.26. The molecule has 2 aromatic carbocycles. The van der Waals surface area contributed by atoms with E-state index in [1.54, 1.807) is 30.3 Å². The molecule has 0 saturated carbocycles. The van der Waals surface area contributed by atoms with Gasteiger partial charge in [-0.3, -0.25) is 9.59 Å². The van der Waals surface area contributed by atoms with E-state index in [1.165, 1.54) is 17.0 Å². The second-order valence-electron chi connectivity index (χ2n) is 7.16. The average Bonchev–Trinajstić information content (AvgIpc) is 3.29. The van der Waals surface area contributed by atoms with Crippen molar-refractivity contribution in [3.8, 4) is 5.75 Å². The number of hydrogen-bond acceptors (Lipinski definition) is 4. The van der Waals surface area contributed by atoms with Crippen LogP contribution in [0.2, 0.25) is 0 Å². The molecule has 30 heavy (non-hydrogen) atoms. The number of benzene rings is 2. The Kier molecular flexibility index (Phi) is 7.79. The van der Waals surface area contributed by atoms with Gasteiger partial charge in [-0.05, 0) is 49.6 Å². The number of para-hydroxylation sites is 1. The first-order valence-corrected chi connectivity index (χ1v) is 10.2. The second kappa shape index (κ2) is 10.7. The second-order valence-corrected chi connectivity index (χ2v) is 7.16. The summed E-state index contributed by atoms with van der Waals surface area (Å²) in [6.45, 7) is 3.53. The molecule has 1 saturated heterocycles. The number of nitrogens with one attached hydrogen (secondary N) is 1. The van der Waals surface area contributed by atoms with E-state index >= 15 is 0 Å². The Labute approximate surface area is 176 Å². The number of amides is 2. The SMILES string of the molecule is CCN(CC(=O)NCc1ccc(F)cc1)C(=O)c1ccccc1OCC1CCCO1. The standard InChI is InChI=1S/C23H27FN2O4/c1-2-26(15-22(27)25-14-17-9-11-18(24)12-10-17)23(28)20-7-3-4-8-21(20)30-16-19-6-5-13-29-19/h3-4,7-12,19H,2,5-6,13-16H2,1H3,(H,25,27). The lowest BCUT2D eigenvalue weighted by Crippen LogP contribution is -2.40. The van der Waals surface area contributed by atoms with Gasteiger partial charge in [0.1, 0.15) is 18.2 Å². The predicted octanol–water partition coefficient (Wildman–Crippen LogP) is 3.16. The summed E-state index contributed by atoms with van der Waals surface area (Å²) in [6.07, 6.45) is 2.02. The predicted molar refractivity (Wildman–Crippen MR) is 111 cm³/mol. The molecule has 1 N–H and O–H groups in total. The fourth-order valence-electron chi connectivity index (χ4n) is 3.26. The molecule has 1 atom stereocenters. The van der Waals surface area contributed by atoms with Crippen LogP contribution in [0.4, 0.5) is 4.39 Å². The van der Waals surface area contributed by atoms with E-state index in [9.17, 15) is 14.0 Å². The molecule has 160 valence electrons. The molecular formula is C23H27FN2O4. The van der Waals surface area contributed by atoms with Crippen LogP contribution in [0, 0.1) is 5.82 Å². The Bertz CT molecular complexity index is 851. The van der Waals surface area contributed by atoms with Gasteiger partial charge in [-0.25, -0.2) is 4.39 Å². The van der Waals surface area contributed by atoms with Crippen LogP contribution in [0.25, 0.3) is 0 Å². The highest BCUT2D eigenvalue weighted by atomic mass is 19.1. The highest BCUT2D eigenvalue weighted by Gasteiger charge is 2.22. The summed E-state index contributed by atoms with van der Waals surface area (Å²) in [5.74, 6) is -0.388. The lowest BCUT2D eigenvalue weighted by atomic mass is 10.1. The largest absolute Gasteiger partial charge is 0.490 e. The van der Waals surface area contributed by atoms with Gasteiger partial charge in [0.15, 0.2) is 0 Å². The molecule has 1 aliphatic rings. The van der Waals surface area contributed by atoms with Crippen LogP contribution in [0.5, 0.6) is 5.75 Å². The molecule has 0 aliphatic carbocycles. The van der Waals surface area contributed by atoms with Gasteiger partial charge in [0.05, 0.1) is 18.2 Å². The minimum absolute atomic E-state index is 0.0488. The molecule has 7 heteroatoms. The molecule has 1 unspecified atom stereocenters. The van der Waals surface area contributed by atoms with E-state index in [2.05, 4.69) is 5.32 Å². The van der Waals surface area contributed by atoms with Crippen LogP contribution in [-0.4, -0.2) is 49.1 Å². The van der Waals surface area contributed by atoms with Crippen molar-refractivity contribution in [1.82, 2.24) is 10.2 Å². The molecular weight excluding hydrogens is 387 g/mol. The molecule has 1 heterocycles. The third-order valence-corrected chi connectivity index (χ3v) is 4.97. The third-order valence-electron chi connectivity index (χ3n) is 4.97. The van der Waals surface area contributed by atoms with Crippen molar-refractivity contribution in [3.63, 3.8) is 0 Å². The summed E-state index contributed by atoms with van der Waals surface area (Å²) < 4.78 is 24.4. The Morgan fingerprint density at radius 3 is 2.67 bits per heavy atom. The van der Waals surface area contributed by atoms with Crippen molar-refractivity contribution in [1.29, 1.82) is 0 Å². The van der Waals surface area contributed by atoms with E-state index in [-0.39, 0.29) is 36.8 Å². The van der Waals surface area contributed by atoms with Crippen molar-refractivity contribution in [2.24, 2.45) is 0 Å². The van der Waals surface area contributed by atoms with Gasteiger partial charge in [0.25, 0.3) is 5.91 Å². The van der Waals surface area contributed by atoms with Crippen molar-refractivity contribution in [2.75, 3.05) is 26.3 Å². The third kappa shape index (κ3) is 6.03. The van der Waals surface area contributed by atoms with Gasteiger partial charge in [-0.15, -0.1) is 0 Å². The quantitative estimate of drug-likeness (QED) is 0.685. The number of likely N-dealkylation sites (N-methyl/N-ethyl adjacent to an activating group) is 1. The summed E-state index contributed by atoms with van der Waals surface area (Å²) in [6, 6.07) is 13.0. The zero-order chi connectivity index (χ0) is 21.3. The van der Waals surface area contributed by atoms with Crippen LogP contribution in [0.1, 0.15) is 35.7 Å². The van der Waals surface area contributed by atoms with Crippen molar-refractivity contribution >= 4 is 11.8 Å². The van der Waals surface area contributed by atoms with Gasteiger partial charge < -0.3 is 19.7 Å². The number of nitrogens with zero attached hydrogens (tertiary/aromatic N) is 1. The van der Waals surface area contributed by atoms with E-state index in [0.29, 0.717) is 24.5 Å². The number of ether oxygens (including phenoxy) is 2. The maximum atomic E-state index is 13.0. The van der Waals surface area contributed by atoms with Crippen molar-refractivity contribution in [2.45, 2.75) is 32.4 Å². The minimum Gasteiger partial charge on any atom is -0.490 e. The number of halogens is 1. The van der Waals surface area contributed by atoms with Crippen LogP contribution in [-0.2, 0) is 16.1 Å². The van der Waals surface area contributed by atoms with Gasteiger partial charge >= 0.3 is 0 Å². The van der Waals surface area contributed by atoms with Crippen LogP contribution >= 0.6 is 0 Å². The first-order chi connectivity index (χ1) is 14.6. The smallest absolute Gasteiger partial charge is 0.258 e. The molecule has 1 aliphatic heterocycles. The van der Waals surface area contributed by atoms with Crippen molar-refractivity contribution < 1.29 is 23.5 Å². The van der Waals surface area contributed by atoms with Gasteiger partial charge in [0, 0.05) is 19.7 Å². The average molecular weight is 414 g/mol.